The molecule has 0 heterocycles. The summed E-state index contributed by atoms with van der Waals surface area (Å²) >= 11 is 0. The predicted octanol–water partition coefficient (Wildman–Crippen LogP) is 0.588. The highest BCUT2D eigenvalue weighted by atomic mass is 16.5. The number of hydrogen-bond acceptors (Lipinski definition) is 4. The lowest BCUT2D eigenvalue weighted by molar-refractivity contribution is -0.136. The third-order valence-corrected chi connectivity index (χ3v) is 1.40. The fraction of sp³-hybridized carbons (Fsp3) is 0.375. The first-order valence-corrected chi connectivity index (χ1v) is 3.24. The van der Waals surface area contributed by atoms with Crippen LogP contribution in [-0.4, -0.2) is 18.9 Å². The summed E-state index contributed by atoms with van der Waals surface area (Å²) in [5.41, 5.74) is -0.102. The van der Waals surface area contributed by atoms with E-state index in [0.717, 1.165) is 7.11 Å². The minimum Gasteiger partial charge on any atom is -0.465 e. The maximum Gasteiger partial charge on any atom is 0.349 e. The molecule has 0 saturated heterocycles. The molecule has 0 aromatic carbocycles. The molecule has 0 aliphatic rings. The van der Waals surface area contributed by atoms with Crippen LogP contribution >= 0.6 is 0 Å². The fourth-order valence-corrected chi connectivity index (χ4v) is 0.561. The van der Waals surface area contributed by atoms with Gasteiger partial charge in [-0.25, -0.2) is 4.79 Å². The van der Waals surface area contributed by atoms with Crippen LogP contribution in [0.15, 0.2) is 11.1 Å². The van der Waals surface area contributed by atoms with Gasteiger partial charge in [0.25, 0.3) is 0 Å². The molecule has 0 amide bonds. The average Bonchev–Trinajstić information content (AvgIpc) is 2.05. The summed E-state index contributed by atoms with van der Waals surface area (Å²) in [5.74, 6) is -1.08. The summed E-state index contributed by atoms with van der Waals surface area (Å²) in [6, 6.07) is 1.62. The van der Waals surface area contributed by atoms with Gasteiger partial charge in [0.2, 0.25) is 0 Å². The van der Waals surface area contributed by atoms with Gasteiger partial charge in [-0.1, -0.05) is 0 Å². The maximum atomic E-state index is 10.8. The van der Waals surface area contributed by atoms with Crippen LogP contribution < -0.4 is 0 Å². The second kappa shape index (κ2) is 4.29. The smallest absolute Gasteiger partial charge is 0.349 e. The van der Waals surface area contributed by atoms with Crippen LogP contribution in [0, 0.1) is 11.3 Å². The van der Waals surface area contributed by atoms with Crippen LogP contribution in [0.1, 0.15) is 13.8 Å². The zero-order valence-corrected chi connectivity index (χ0v) is 7.17. The first-order valence-electron chi connectivity index (χ1n) is 3.24. The summed E-state index contributed by atoms with van der Waals surface area (Å²) in [6.07, 6.45) is 0. The number of nitriles is 1. The first-order chi connectivity index (χ1) is 5.54. The molecule has 64 valence electrons. The van der Waals surface area contributed by atoms with Gasteiger partial charge < -0.3 is 4.74 Å². The van der Waals surface area contributed by atoms with Gasteiger partial charge in [-0.3, -0.25) is 4.79 Å². The van der Waals surface area contributed by atoms with Gasteiger partial charge in [-0.05, 0) is 13.8 Å². The van der Waals surface area contributed by atoms with Crippen molar-refractivity contribution in [3.05, 3.63) is 11.1 Å². The Labute approximate surface area is 70.4 Å². The number of Topliss-reactive ketones (excluding diaryl/α,β-unsaturated/α-hetero) is 1. The van der Waals surface area contributed by atoms with Gasteiger partial charge in [0.05, 0.1) is 7.11 Å². The number of ether oxygens (including phenoxy) is 1. The Kier molecular flexibility index (Phi) is 3.71. The fourth-order valence-electron chi connectivity index (χ4n) is 0.561. The molecule has 4 nitrogen and oxygen atoms in total. The summed E-state index contributed by atoms with van der Waals surface area (Å²) in [5, 5.41) is 8.49. The number of nitrogens with zero attached hydrogens (tertiary/aromatic N) is 1. The number of carbonyl (C=O) groups is 2. The normalized spacial score (nSPS) is 11.2. The monoisotopic (exact) mass is 167 g/mol. The van der Waals surface area contributed by atoms with Crippen molar-refractivity contribution in [3.63, 3.8) is 0 Å². The second-order valence-corrected chi connectivity index (χ2v) is 2.16. The van der Waals surface area contributed by atoms with Gasteiger partial charge in [-0.15, -0.1) is 0 Å². The number of rotatable bonds is 2. The van der Waals surface area contributed by atoms with Crippen LogP contribution in [0.3, 0.4) is 0 Å². The van der Waals surface area contributed by atoms with Gasteiger partial charge >= 0.3 is 5.97 Å². The molecule has 0 atom stereocenters. The minimum absolute atomic E-state index is 0.129. The molecule has 0 aliphatic heterocycles. The van der Waals surface area contributed by atoms with E-state index >= 15 is 0 Å². The molecule has 0 unspecified atom stereocenters. The summed E-state index contributed by atoms with van der Waals surface area (Å²) in [7, 11) is 1.16. The Balaban J connectivity index is 5.03. The van der Waals surface area contributed by atoms with Crippen molar-refractivity contribution in [3.8, 4) is 6.07 Å². The number of ketones is 1. The molecular weight excluding hydrogens is 158 g/mol. The number of hydrogen-bond donors (Lipinski definition) is 0. The molecule has 0 aromatic heterocycles. The highest BCUT2D eigenvalue weighted by Crippen LogP contribution is 2.05. The van der Waals surface area contributed by atoms with E-state index in [1.54, 1.807) is 6.07 Å². The highest BCUT2D eigenvalue weighted by molar-refractivity contribution is 6.04. The molecule has 0 aromatic rings. The number of methoxy groups -OCH3 is 1. The maximum absolute atomic E-state index is 10.8. The Morgan fingerprint density at radius 3 is 2.08 bits per heavy atom. The van der Waals surface area contributed by atoms with E-state index in [4.69, 9.17) is 5.26 Å². The zero-order valence-electron chi connectivity index (χ0n) is 7.17. The van der Waals surface area contributed by atoms with E-state index in [2.05, 4.69) is 4.74 Å². The Morgan fingerprint density at radius 1 is 1.33 bits per heavy atom. The second-order valence-electron chi connectivity index (χ2n) is 2.16. The van der Waals surface area contributed by atoms with Crippen molar-refractivity contribution in [1.29, 1.82) is 5.26 Å². The Bertz CT molecular complexity index is 283. The van der Waals surface area contributed by atoms with Crippen LogP contribution in [0.4, 0.5) is 0 Å². The summed E-state index contributed by atoms with van der Waals surface area (Å²) in [6.45, 7) is 2.70. The van der Waals surface area contributed by atoms with Crippen molar-refractivity contribution in [2.75, 3.05) is 7.11 Å². The molecule has 12 heavy (non-hydrogen) atoms. The van der Waals surface area contributed by atoms with E-state index in [1.165, 1.54) is 13.8 Å². The third kappa shape index (κ3) is 2.20. The van der Waals surface area contributed by atoms with Gasteiger partial charge in [0.1, 0.15) is 11.6 Å². The standard InChI is InChI=1S/C8H9NO3/c1-5(6(2)10)7(4-9)8(11)12-3/h1-3H3/b7-5+. The van der Waals surface area contributed by atoms with Gasteiger partial charge in [0.15, 0.2) is 5.78 Å². The first kappa shape index (κ1) is 10.4. The van der Waals surface area contributed by atoms with E-state index < -0.39 is 5.97 Å². The van der Waals surface area contributed by atoms with Crippen LogP contribution in [0.25, 0.3) is 0 Å². The third-order valence-electron chi connectivity index (χ3n) is 1.40. The van der Waals surface area contributed by atoms with Gasteiger partial charge in [-0.2, -0.15) is 5.26 Å². The number of carbonyl (C=O) groups excluding carboxylic acids is 2. The number of allylic oxidation sites excluding steroid dienone is 1. The highest BCUT2D eigenvalue weighted by Gasteiger charge is 2.14. The largest absolute Gasteiger partial charge is 0.465 e. The molecule has 0 rings (SSSR count). The van der Waals surface area contributed by atoms with Crippen molar-refractivity contribution >= 4 is 11.8 Å². The zero-order chi connectivity index (χ0) is 9.72. The van der Waals surface area contributed by atoms with E-state index in [9.17, 15) is 9.59 Å². The van der Waals surface area contributed by atoms with Crippen LogP contribution in [0.5, 0.6) is 0 Å². The van der Waals surface area contributed by atoms with E-state index in [-0.39, 0.29) is 16.9 Å². The van der Waals surface area contributed by atoms with Crippen molar-refractivity contribution < 1.29 is 14.3 Å². The molecule has 0 aliphatic carbocycles. The lowest BCUT2D eigenvalue weighted by atomic mass is 10.1. The Hall–Kier alpha value is -1.63. The van der Waals surface area contributed by atoms with Gasteiger partial charge in [0, 0.05) is 5.57 Å². The van der Waals surface area contributed by atoms with Crippen molar-refractivity contribution in [2.24, 2.45) is 0 Å². The van der Waals surface area contributed by atoms with E-state index in [0.29, 0.717) is 0 Å². The summed E-state index contributed by atoms with van der Waals surface area (Å²) < 4.78 is 4.30. The molecule has 4 heteroatoms. The van der Waals surface area contributed by atoms with Crippen molar-refractivity contribution in [1.82, 2.24) is 0 Å². The van der Waals surface area contributed by atoms with Crippen molar-refractivity contribution in [2.45, 2.75) is 13.8 Å². The lowest BCUT2D eigenvalue weighted by Gasteiger charge is -1.98. The quantitative estimate of drug-likeness (QED) is 0.343. The lowest BCUT2D eigenvalue weighted by Crippen LogP contribution is -2.08. The number of esters is 1. The summed E-state index contributed by atoms with van der Waals surface area (Å²) in [4.78, 5) is 21.6. The van der Waals surface area contributed by atoms with Crippen LogP contribution in [0.2, 0.25) is 0 Å². The molecule has 0 N–H and O–H groups in total. The Morgan fingerprint density at radius 2 is 1.83 bits per heavy atom. The average molecular weight is 167 g/mol. The predicted molar refractivity (Wildman–Crippen MR) is 41.0 cm³/mol. The molecule has 0 bridgehead atoms. The van der Waals surface area contributed by atoms with E-state index in [1.807, 2.05) is 0 Å². The SMILES string of the molecule is COC(=O)/C(C#N)=C(\C)C(C)=O. The minimum atomic E-state index is -0.773. The molecule has 0 fully saturated rings. The molecular formula is C8H9NO3. The molecule has 0 spiro atoms. The molecule has 0 saturated carbocycles. The topological polar surface area (TPSA) is 67.2 Å². The molecule has 0 radical (unpaired) electrons. The van der Waals surface area contributed by atoms with Crippen LogP contribution in [-0.2, 0) is 14.3 Å².